The molecule has 0 saturated carbocycles. The van der Waals surface area contributed by atoms with E-state index >= 15 is 0 Å². The number of amides is 1. The Kier molecular flexibility index (Phi) is 7.02. The first kappa shape index (κ1) is 20.6. The summed E-state index contributed by atoms with van der Waals surface area (Å²) >= 11 is 1.60. The summed E-state index contributed by atoms with van der Waals surface area (Å²) in [4.78, 5) is 13.5. The van der Waals surface area contributed by atoms with E-state index in [-0.39, 0.29) is 24.0 Å². The Bertz CT molecular complexity index is 948. The summed E-state index contributed by atoms with van der Waals surface area (Å²) in [6.07, 6.45) is 0. The zero-order valence-electron chi connectivity index (χ0n) is 15.6. The van der Waals surface area contributed by atoms with Gasteiger partial charge in [0.2, 0.25) is 0 Å². The van der Waals surface area contributed by atoms with Crippen molar-refractivity contribution in [2.45, 2.75) is 19.8 Å². The topological polar surface area (TPSA) is 56.8 Å². The van der Waals surface area contributed by atoms with E-state index in [1.165, 1.54) is 19.2 Å². The van der Waals surface area contributed by atoms with Crippen molar-refractivity contribution >= 4 is 17.2 Å². The minimum Gasteiger partial charge on any atom is -0.493 e. The van der Waals surface area contributed by atoms with Gasteiger partial charge in [0.05, 0.1) is 7.11 Å². The number of thiophene rings is 1. The Morgan fingerprint density at radius 1 is 1.10 bits per heavy atom. The van der Waals surface area contributed by atoms with E-state index < -0.39 is 6.61 Å². The van der Waals surface area contributed by atoms with Gasteiger partial charge >= 0.3 is 6.61 Å². The zero-order valence-corrected chi connectivity index (χ0v) is 16.4. The second-order valence-corrected chi connectivity index (χ2v) is 6.97. The van der Waals surface area contributed by atoms with Crippen LogP contribution < -0.4 is 19.5 Å². The molecule has 0 radical (unpaired) electrons. The number of nitrogens with one attached hydrogen (secondary N) is 1. The maximum Gasteiger partial charge on any atom is 0.387 e. The Morgan fingerprint density at radius 2 is 1.97 bits per heavy atom. The average molecular weight is 419 g/mol. The molecule has 5 nitrogen and oxygen atoms in total. The third-order valence-electron chi connectivity index (χ3n) is 3.95. The van der Waals surface area contributed by atoms with Crippen LogP contribution in [0.2, 0.25) is 0 Å². The van der Waals surface area contributed by atoms with Gasteiger partial charge in [-0.05, 0) is 47.3 Å². The number of hydrogen-bond acceptors (Lipinski definition) is 5. The lowest BCUT2D eigenvalue weighted by molar-refractivity contribution is -0.0512. The van der Waals surface area contributed by atoms with Crippen molar-refractivity contribution in [1.29, 1.82) is 0 Å². The highest BCUT2D eigenvalue weighted by molar-refractivity contribution is 7.09. The smallest absolute Gasteiger partial charge is 0.387 e. The molecule has 0 unspecified atom stereocenters. The highest BCUT2D eigenvalue weighted by Gasteiger charge is 2.12. The maximum atomic E-state index is 12.5. The molecular weight excluding hydrogens is 400 g/mol. The molecule has 29 heavy (non-hydrogen) atoms. The molecule has 0 aliphatic rings. The zero-order chi connectivity index (χ0) is 20.6. The Hall–Kier alpha value is -3.13. The van der Waals surface area contributed by atoms with Crippen molar-refractivity contribution in [3.05, 3.63) is 76.0 Å². The summed E-state index contributed by atoms with van der Waals surface area (Å²) in [5.74, 6) is 0.385. The highest BCUT2D eigenvalue weighted by Crippen LogP contribution is 2.29. The normalized spacial score (nSPS) is 10.6. The Labute approximate surface area is 170 Å². The lowest BCUT2D eigenvalue weighted by Gasteiger charge is -2.12. The largest absolute Gasteiger partial charge is 0.493 e. The van der Waals surface area contributed by atoms with Gasteiger partial charge in [-0.25, -0.2) is 0 Å². The minimum atomic E-state index is -2.97. The fourth-order valence-corrected chi connectivity index (χ4v) is 3.20. The van der Waals surface area contributed by atoms with Crippen molar-refractivity contribution in [1.82, 2.24) is 5.32 Å². The first-order chi connectivity index (χ1) is 14.0. The standard InChI is InChI=1S/C21H19F2NO4S/c1-26-18-8-7-14(10-19(18)28-21(22)23)12-24-20(25)15-4-2-5-16(11-15)27-13-17-6-3-9-29-17/h2-11,21H,12-13H2,1H3,(H,24,25). The third kappa shape index (κ3) is 5.92. The molecule has 0 bridgehead atoms. The number of halogens is 2. The molecule has 3 aromatic rings. The van der Waals surface area contributed by atoms with Gasteiger partial charge in [-0.3, -0.25) is 4.79 Å². The van der Waals surface area contributed by atoms with Crippen LogP contribution in [0.25, 0.3) is 0 Å². The second kappa shape index (κ2) is 9.88. The van der Waals surface area contributed by atoms with Crippen molar-refractivity contribution < 1.29 is 27.8 Å². The molecule has 0 fully saturated rings. The molecule has 1 aromatic heterocycles. The van der Waals surface area contributed by atoms with Crippen LogP contribution in [0.4, 0.5) is 8.78 Å². The van der Waals surface area contributed by atoms with E-state index in [4.69, 9.17) is 9.47 Å². The van der Waals surface area contributed by atoms with E-state index in [1.54, 1.807) is 41.7 Å². The molecule has 0 aliphatic heterocycles. The molecule has 0 spiro atoms. The Morgan fingerprint density at radius 3 is 2.69 bits per heavy atom. The van der Waals surface area contributed by atoms with E-state index in [9.17, 15) is 13.6 Å². The van der Waals surface area contributed by atoms with Crippen LogP contribution in [-0.2, 0) is 13.2 Å². The average Bonchev–Trinajstić information content (AvgIpc) is 3.24. The number of benzene rings is 2. The summed E-state index contributed by atoms with van der Waals surface area (Å²) in [5, 5.41) is 4.73. The van der Waals surface area contributed by atoms with Crippen molar-refractivity contribution in [2.24, 2.45) is 0 Å². The van der Waals surface area contributed by atoms with Crippen LogP contribution in [0, 0.1) is 0 Å². The maximum absolute atomic E-state index is 12.5. The molecule has 0 saturated heterocycles. The highest BCUT2D eigenvalue weighted by atomic mass is 32.1. The van der Waals surface area contributed by atoms with Crippen LogP contribution in [0.15, 0.2) is 60.0 Å². The van der Waals surface area contributed by atoms with Gasteiger partial charge in [0.1, 0.15) is 12.4 Å². The first-order valence-electron chi connectivity index (χ1n) is 8.70. The van der Waals surface area contributed by atoms with Crippen LogP contribution in [0.3, 0.4) is 0 Å². The quantitative estimate of drug-likeness (QED) is 0.538. The summed E-state index contributed by atoms with van der Waals surface area (Å²) in [7, 11) is 1.36. The van der Waals surface area contributed by atoms with Gasteiger partial charge in [0.15, 0.2) is 11.5 Å². The van der Waals surface area contributed by atoms with Crippen LogP contribution in [0.1, 0.15) is 20.8 Å². The minimum absolute atomic E-state index is 0.0850. The van der Waals surface area contributed by atoms with Crippen molar-refractivity contribution in [3.8, 4) is 17.2 Å². The van der Waals surface area contributed by atoms with Crippen LogP contribution in [-0.4, -0.2) is 19.6 Å². The molecular formula is C21H19F2NO4S. The fourth-order valence-electron chi connectivity index (χ4n) is 2.58. The molecule has 0 atom stereocenters. The van der Waals surface area contributed by atoms with E-state index in [0.717, 1.165) is 4.88 Å². The van der Waals surface area contributed by atoms with Gasteiger partial charge in [-0.1, -0.05) is 18.2 Å². The lowest BCUT2D eigenvalue weighted by atomic mass is 10.1. The van der Waals surface area contributed by atoms with Gasteiger partial charge < -0.3 is 19.5 Å². The number of ether oxygens (including phenoxy) is 3. The monoisotopic (exact) mass is 419 g/mol. The number of alkyl halides is 2. The molecule has 0 aliphatic carbocycles. The number of hydrogen-bond donors (Lipinski definition) is 1. The molecule has 3 rings (SSSR count). The van der Waals surface area contributed by atoms with Gasteiger partial charge in [-0.2, -0.15) is 8.78 Å². The molecule has 1 amide bonds. The van der Waals surface area contributed by atoms with E-state index in [1.807, 2.05) is 17.5 Å². The second-order valence-electron chi connectivity index (χ2n) is 5.94. The number of carbonyl (C=O) groups excluding carboxylic acids is 1. The van der Waals surface area contributed by atoms with Crippen LogP contribution >= 0.6 is 11.3 Å². The predicted molar refractivity (Wildman–Crippen MR) is 106 cm³/mol. The van der Waals surface area contributed by atoms with Crippen molar-refractivity contribution in [3.63, 3.8) is 0 Å². The summed E-state index contributed by atoms with van der Waals surface area (Å²) < 4.78 is 40.2. The number of rotatable bonds is 9. The molecule has 1 heterocycles. The van der Waals surface area contributed by atoms with Crippen LogP contribution in [0.5, 0.6) is 17.2 Å². The predicted octanol–water partition coefficient (Wildman–Crippen LogP) is 4.87. The Balaban J connectivity index is 1.61. The summed E-state index contributed by atoms with van der Waals surface area (Å²) in [5.41, 5.74) is 1.03. The lowest BCUT2D eigenvalue weighted by Crippen LogP contribution is -2.22. The molecule has 152 valence electrons. The van der Waals surface area contributed by atoms with Gasteiger partial charge in [0, 0.05) is 17.0 Å². The molecule has 8 heteroatoms. The van der Waals surface area contributed by atoms with Gasteiger partial charge in [-0.15, -0.1) is 11.3 Å². The summed E-state index contributed by atoms with van der Waals surface area (Å²) in [6.45, 7) is -2.39. The number of carbonyl (C=O) groups is 1. The third-order valence-corrected chi connectivity index (χ3v) is 4.80. The van der Waals surface area contributed by atoms with E-state index in [2.05, 4.69) is 10.1 Å². The fraction of sp³-hybridized carbons (Fsp3) is 0.190. The summed E-state index contributed by atoms with van der Waals surface area (Å²) in [6, 6.07) is 15.4. The van der Waals surface area contributed by atoms with Crippen molar-refractivity contribution in [2.75, 3.05) is 7.11 Å². The van der Waals surface area contributed by atoms with Gasteiger partial charge in [0.25, 0.3) is 5.91 Å². The first-order valence-corrected chi connectivity index (χ1v) is 9.58. The molecule has 1 N–H and O–H groups in total. The number of methoxy groups -OCH3 is 1. The van der Waals surface area contributed by atoms with E-state index in [0.29, 0.717) is 23.5 Å². The molecule has 2 aromatic carbocycles. The SMILES string of the molecule is COc1ccc(CNC(=O)c2cccc(OCc3cccs3)c2)cc1OC(F)F.